The molecule has 0 aliphatic rings. The van der Waals surface area contributed by atoms with Gasteiger partial charge in [-0.05, 0) is 59.6 Å². The number of alkyl carbamates (subject to hydrolysis) is 1. The Hall–Kier alpha value is -2.11. The summed E-state index contributed by atoms with van der Waals surface area (Å²) in [6, 6.07) is 3.73. The van der Waals surface area contributed by atoms with E-state index < -0.39 is 11.7 Å². The van der Waals surface area contributed by atoms with Crippen molar-refractivity contribution in [3.05, 3.63) is 23.9 Å². The minimum Gasteiger partial charge on any atom is -0.444 e. The van der Waals surface area contributed by atoms with Gasteiger partial charge in [0.2, 0.25) is 0 Å². The molecule has 0 saturated carbocycles. The number of Topliss-reactive ketones (excluding diaryl/α,β-unsaturated/α-hetero) is 1. The van der Waals surface area contributed by atoms with Crippen LogP contribution in [0.2, 0.25) is 0 Å². The minimum atomic E-state index is -0.496. The molecule has 1 aromatic rings. The largest absolute Gasteiger partial charge is 0.444 e. The first kappa shape index (κ1) is 20.9. The molecule has 0 aliphatic carbocycles. The maximum Gasteiger partial charge on any atom is 0.407 e. The Labute approximate surface area is 151 Å². The lowest BCUT2D eigenvalue weighted by molar-refractivity contribution is 0.0527. The fourth-order valence-corrected chi connectivity index (χ4v) is 2.35. The summed E-state index contributed by atoms with van der Waals surface area (Å²) in [7, 11) is 0. The number of pyridine rings is 1. The highest BCUT2D eigenvalue weighted by Gasteiger charge is 2.15. The number of carbonyl (C=O) groups excluding carboxylic acids is 2. The Morgan fingerprint density at radius 3 is 2.36 bits per heavy atom. The summed E-state index contributed by atoms with van der Waals surface area (Å²) in [4.78, 5) is 30.2. The van der Waals surface area contributed by atoms with E-state index in [1.54, 1.807) is 6.20 Å². The second-order valence-corrected chi connectivity index (χ2v) is 6.89. The lowest BCUT2D eigenvalue weighted by atomic mass is 10.1. The van der Waals surface area contributed by atoms with Crippen molar-refractivity contribution in [1.82, 2.24) is 10.3 Å². The molecule has 1 rings (SSSR count). The Morgan fingerprint density at radius 2 is 1.84 bits per heavy atom. The highest BCUT2D eigenvalue weighted by atomic mass is 16.6. The van der Waals surface area contributed by atoms with Crippen LogP contribution in [0.5, 0.6) is 0 Å². The normalized spacial score (nSPS) is 11.1. The van der Waals surface area contributed by atoms with Crippen molar-refractivity contribution in [3.63, 3.8) is 0 Å². The summed E-state index contributed by atoms with van der Waals surface area (Å²) in [5.74, 6) is 0.971. The summed E-state index contributed by atoms with van der Waals surface area (Å²) in [6.45, 7) is 11.9. The zero-order valence-corrected chi connectivity index (χ0v) is 16.1. The molecule has 0 saturated heterocycles. The molecule has 25 heavy (non-hydrogen) atoms. The Morgan fingerprint density at radius 1 is 1.16 bits per heavy atom. The topological polar surface area (TPSA) is 71.5 Å². The van der Waals surface area contributed by atoms with Gasteiger partial charge in [0.25, 0.3) is 0 Å². The molecule has 0 spiro atoms. The molecular weight excluding hydrogens is 318 g/mol. The van der Waals surface area contributed by atoms with Gasteiger partial charge in [0, 0.05) is 37.8 Å². The highest BCUT2D eigenvalue weighted by Crippen LogP contribution is 2.13. The molecule has 0 bridgehead atoms. The number of ketones is 1. The van der Waals surface area contributed by atoms with Crippen LogP contribution >= 0.6 is 0 Å². The van der Waals surface area contributed by atoms with Crippen molar-refractivity contribution < 1.29 is 14.3 Å². The average molecular weight is 349 g/mol. The van der Waals surface area contributed by atoms with Gasteiger partial charge in [-0.1, -0.05) is 0 Å². The van der Waals surface area contributed by atoms with Crippen LogP contribution in [0, 0.1) is 0 Å². The van der Waals surface area contributed by atoms with Crippen molar-refractivity contribution in [2.24, 2.45) is 0 Å². The molecule has 0 aromatic carbocycles. The monoisotopic (exact) mass is 349 g/mol. The molecule has 0 unspecified atom stereocenters. The van der Waals surface area contributed by atoms with E-state index in [-0.39, 0.29) is 5.78 Å². The standard InChI is InChI=1S/C19H31N3O3/c1-6-22(7-2)17-12-11-15(14-21-17)16(23)10-8-9-13-20-18(24)25-19(3,4)5/h11-12,14H,6-10,13H2,1-5H3,(H,20,24). The van der Waals surface area contributed by atoms with Gasteiger partial charge in [0.15, 0.2) is 5.78 Å². The lowest BCUT2D eigenvalue weighted by Gasteiger charge is -2.19. The molecule has 6 nitrogen and oxygen atoms in total. The van der Waals surface area contributed by atoms with Crippen LogP contribution in [0.3, 0.4) is 0 Å². The minimum absolute atomic E-state index is 0.0795. The number of unbranched alkanes of at least 4 members (excludes halogenated alkanes) is 1. The van der Waals surface area contributed by atoms with Crippen LogP contribution in [-0.4, -0.2) is 42.1 Å². The summed E-state index contributed by atoms with van der Waals surface area (Å²) in [5.41, 5.74) is 0.140. The molecule has 0 aliphatic heterocycles. The number of carbonyl (C=O) groups is 2. The van der Waals surface area contributed by atoms with E-state index in [9.17, 15) is 9.59 Å². The molecule has 1 heterocycles. The summed E-state index contributed by atoms with van der Waals surface area (Å²) in [6.07, 6.45) is 3.12. The quantitative estimate of drug-likeness (QED) is 0.542. The van der Waals surface area contributed by atoms with Gasteiger partial charge >= 0.3 is 6.09 Å². The first-order chi connectivity index (χ1) is 11.8. The molecular formula is C19H31N3O3. The molecule has 1 N–H and O–H groups in total. The predicted molar refractivity (Wildman–Crippen MR) is 100 cm³/mol. The fraction of sp³-hybridized carbons (Fsp3) is 0.632. The maximum atomic E-state index is 12.2. The second-order valence-electron chi connectivity index (χ2n) is 6.89. The Bertz CT molecular complexity index is 546. The number of hydrogen-bond acceptors (Lipinski definition) is 5. The van der Waals surface area contributed by atoms with Gasteiger partial charge in [-0.25, -0.2) is 9.78 Å². The first-order valence-electron chi connectivity index (χ1n) is 8.98. The van der Waals surface area contributed by atoms with Gasteiger partial charge in [0.05, 0.1) is 0 Å². The van der Waals surface area contributed by atoms with E-state index in [1.807, 2.05) is 32.9 Å². The van der Waals surface area contributed by atoms with E-state index in [1.165, 1.54) is 0 Å². The zero-order valence-electron chi connectivity index (χ0n) is 16.1. The molecule has 1 aromatic heterocycles. The van der Waals surface area contributed by atoms with Crippen LogP contribution in [-0.2, 0) is 4.74 Å². The first-order valence-corrected chi connectivity index (χ1v) is 8.98. The number of amides is 1. The van der Waals surface area contributed by atoms with Gasteiger partial charge in [-0.3, -0.25) is 4.79 Å². The zero-order chi connectivity index (χ0) is 18.9. The SMILES string of the molecule is CCN(CC)c1ccc(C(=O)CCCCNC(=O)OC(C)(C)C)cn1. The second kappa shape index (κ2) is 10.0. The average Bonchev–Trinajstić information content (AvgIpc) is 2.54. The third-order valence-corrected chi connectivity index (χ3v) is 3.66. The van der Waals surface area contributed by atoms with E-state index in [0.717, 1.165) is 25.3 Å². The van der Waals surface area contributed by atoms with E-state index >= 15 is 0 Å². The van der Waals surface area contributed by atoms with Crippen LogP contribution in [0.1, 0.15) is 64.2 Å². The third kappa shape index (κ3) is 8.01. The molecule has 0 radical (unpaired) electrons. The Balaban J connectivity index is 2.32. The number of ether oxygens (including phenoxy) is 1. The molecule has 6 heteroatoms. The van der Waals surface area contributed by atoms with E-state index in [2.05, 4.69) is 29.0 Å². The number of rotatable bonds is 9. The van der Waals surface area contributed by atoms with Crippen LogP contribution in [0.4, 0.5) is 10.6 Å². The third-order valence-electron chi connectivity index (χ3n) is 3.66. The number of nitrogens with zero attached hydrogens (tertiary/aromatic N) is 2. The van der Waals surface area contributed by atoms with Gasteiger partial charge in [-0.2, -0.15) is 0 Å². The van der Waals surface area contributed by atoms with Crippen LogP contribution in [0.15, 0.2) is 18.3 Å². The van der Waals surface area contributed by atoms with Crippen molar-refractivity contribution >= 4 is 17.7 Å². The van der Waals surface area contributed by atoms with E-state index in [4.69, 9.17) is 4.74 Å². The number of anilines is 1. The molecule has 0 atom stereocenters. The van der Waals surface area contributed by atoms with Gasteiger partial charge in [0.1, 0.15) is 11.4 Å². The fourth-order valence-electron chi connectivity index (χ4n) is 2.35. The molecule has 1 amide bonds. The van der Waals surface area contributed by atoms with Gasteiger partial charge < -0.3 is 15.0 Å². The number of hydrogen-bond donors (Lipinski definition) is 1. The smallest absolute Gasteiger partial charge is 0.407 e. The lowest BCUT2D eigenvalue weighted by Crippen LogP contribution is -2.33. The van der Waals surface area contributed by atoms with Gasteiger partial charge in [-0.15, -0.1) is 0 Å². The molecule has 140 valence electrons. The maximum absolute atomic E-state index is 12.2. The summed E-state index contributed by atoms with van der Waals surface area (Å²) >= 11 is 0. The van der Waals surface area contributed by atoms with Crippen LogP contribution in [0.25, 0.3) is 0 Å². The highest BCUT2D eigenvalue weighted by molar-refractivity contribution is 5.95. The summed E-state index contributed by atoms with van der Waals surface area (Å²) < 4.78 is 5.15. The van der Waals surface area contributed by atoms with Crippen molar-refractivity contribution in [1.29, 1.82) is 0 Å². The number of nitrogens with one attached hydrogen (secondary N) is 1. The van der Waals surface area contributed by atoms with Crippen LogP contribution < -0.4 is 10.2 Å². The Kier molecular flexibility index (Phi) is 8.38. The summed E-state index contributed by atoms with van der Waals surface area (Å²) in [5, 5.41) is 2.70. The van der Waals surface area contributed by atoms with Crippen molar-refractivity contribution in [2.75, 3.05) is 24.5 Å². The number of aromatic nitrogens is 1. The predicted octanol–water partition coefficient (Wildman–Crippen LogP) is 3.81. The van der Waals surface area contributed by atoms with Crippen molar-refractivity contribution in [3.8, 4) is 0 Å². The van der Waals surface area contributed by atoms with Crippen molar-refractivity contribution in [2.45, 2.75) is 59.5 Å². The molecule has 0 fully saturated rings. The van der Waals surface area contributed by atoms with E-state index in [0.29, 0.717) is 24.9 Å².